The maximum absolute atomic E-state index is 12.9. The molecule has 0 saturated carbocycles. The predicted octanol–water partition coefficient (Wildman–Crippen LogP) is 4.99. The van der Waals surface area contributed by atoms with Gasteiger partial charge in [-0.05, 0) is 66.4 Å². The molecule has 1 atom stereocenters. The van der Waals surface area contributed by atoms with Crippen LogP contribution in [0.5, 0.6) is 0 Å². The van der Waals surface area contributed by atoms with Crippen LogP contribution in [-0.2, 0) is 23.6 Å². The third-order valence-electron chi connectivity index (χ3n) is 6.19. The average molecular weight is 531 g/mol. The molecule has 5 rings (SSSR count). The first kappa shape index (κ1) is 24.7. The Hall–Kier alpha value is -4.01. The molecule has 186 valence electrons. The molecule has 7 nitrogen and oxygen atoms in total. The minimum Gasteiger partial charge on any atom is -0.364 e. The van der Waals surface area contributed by atoms with E-state index in [1.165, 1.54) is 0 Å². The van der Waals surface area contributed by atoms with Gasteiger partial charge in [0.1, 0.15) is 0 Å². The third-order valence-corrected chi connectivity index (χ3v) is 7.04. The molecule has 3 N–H and O–H groups in total. The fourth-order valence-corrected chi connectivity index (χ4v) is 5.02. The van der Waals surface area contributed by atoms with Crippen molar-refractivity contribution in [1.82, 2.24) is 9.78 Å². The molecule has 4 aromatic rings. The molecule has 37 heavy (non-hydrogen) atoms. The number of nitrogens with two attached hydrogens (primary N) is 1. The van der Waals surface area contributed by atoms with Crippen LogP contribution in [0.2, 0.25) is 5.02 Å². The molecule has 0 fully saturated rings. The van der Waals surface area contributed by atoms with Gasteiger partial charge in [0.2, 0.25) is 0 Å². The maximum Gasteiger partial charge on any atom is 0.269 e. The van der Waals surface area contributed by atoms with E-state index in [1.54, 1.807) is 46.7 Å². The van der Waals surface area contributed by atoms with Crippen molar-refractivity contribution in [1.29, 1.82) is 0 Å². The number of benzene rings is 3. The summed E-state index contributed by atoms with van der Waals surface area (Å²) >= 11 is 6.20. The van der Waals surface area contributed by atoms with Crippen LogP contribution in [0.1, 0.15) is 37.5 Å². The van der Waals surface area contributed by atoms with Gasteiger partial charge < -0.3 is 11.1 Å². The summed E-state index contributed by atoms with van der Waals surface area (Å²) in [4.78, 5) is 25.1. The molecule has 0 aliphatic heterocycles. The summed E-state index contributed by atoms with van der Waals surface area (Å²) in [6, 6.07) is 20.1. The smallest absolute Gasteiger partial charge is 0.269 e. The number of primary amides is 1. The second-order valence-electron chi connectivity index (χ2n) is 8.65. The molecular weight excluding hydrogens is 508 g/mol. The highest BCUT2D eigenvalue weighted by atomic mass is 35.5. The van der Waals surface area contributed by atoms with Gasteiger partial charge in [-0.1, -0.05) is 41.9 Å². The number of amides is 2. The summed E-state index contributed by atoms with van der Waals surface area (Å²) in [5.41, 5.74) is 12.0. The number of aryl methyl sites for hydroxylation is 1. The Labute approximate surface area is 221 Å². The van der Waals surface area contributed by atoms with E-state index >= 15 is 0 Å². The number of aromatic nitrogens is 2. The highest BCUT2D eigenvalue weighted by Gasteiger charge is 2.28. The number of hydrogen-bond acceptors (Lipinski definition) is 4. The number of carbonyl (C=O) groups is 2. The van der Waals surface area contributed by atoms with E-state index in [1.807, 2.05) is 42.5 Å². The van der Waals surface area contributed by atoms with E-state index in [-0.39, 0.29) is 11.6 Å². The zero-order chi connectivity index (χ0) is 26.1. The lowest BCUT2D eigenvalue weighted by Crippen LogP contribution is -2.15. The number of nitrogens with one attached hydrogen (secondary N) is 1. The van der Waals surface area contributed by atoms with E-state index in [2.05, 4.69) is 10.4 Å². The van der Waals surface area contributed by atoms with Crippen molar-refractivity contribution in [2.45, 2.75) is 12.8 Å². The van der Waals surface area contributed by atoms with Crippen LogP contribution in [0.4, 0.5) is 5.69 Å². The van der Waals surface area contributed by atoms with Crippen LogP contribution in [0, 0.1) is 0 Å². The van der Waals surface area contributed by atoms with E-state index in [0.717, 1.165) is 33.6 Å². The Morgan fingerprint density at radius 1 is 1.08 bits per heavy atom. The largest absolute Gasteiger partial charge is 0.364 e. The lowest BCUT2D eigenvalue weighted by molar-refractivity contribution is 0.0992. The average Bonchev–Trinajstić information content (AvgIpc) is 3.28. The first-order valence-corrected chi connectivity index (χ1v) is 13.5. The molecule has 2 amide bonds. The van der Waals surface area contributed by atoms with Crippen LogP contribution in [-0.4, -0.2) is 32.1 Å². The van der Waals surface area contributed by atoms with Gasteiger partial charge in [0.25, 0.3) is 11.8 Å². The number of hydrogen-bond donors (Lipinski definition) is 2. The quantitative estimate of drug-likeness (QED) is 0.366. The summed E-state index contributed by atoms with van der Waals surface area (Å²) in [5, 5.41) is 9.49. The van der Waals surface area contributed by atoms with E-state index in [9.17, 15) is 13.8 Å². The lowest BCUT2D eigenvalue weighted by atomic mass is 9.88. The van der Waals surface area contributed by atoms with Gasteiger partial charge in [-0.25, -0.2) is 4.68 Å². The SMILES string of the molecule is CS(=O)C=Cc1ccc(-n2nc(C(N)=O)c3c2-c2cc(NC(=O)c4ccccc4Cl)ccc2CC3)cc1. The predicted molar refractivity (Wildman–Crippen MR) is 147 cm³/mol. The Balaban J connectivity index is 1.57. The molecule has 0 spiro atoms. The zero-order valence-corrected chi connectivity index (χ0v) is 21.5. The molecular formula is C28H23ClN4O3S. The molecule has 0 radical (unpaired) electrons. The molecule has 3 aromatic carbocycles. The fourth-order valence-electron chi connectivity index (χ4n) is 4.45. The van der Waals surface area contributed by atoms with Crippen molar-refractivity contribution in [3.05, 3.63) is 105 Å². The lowest BCUT2D eigenvalue weighted by Gasteiger charge is -2.20. The van der Waals surface area contributed by atoms with Crippen molar-refractivity contribution in [3.63, 3.8) is 0 Å². The topological polar surface area (TPSA) is 107 Å². The first-order valence-electron chi connectivity index (χ1n) is 11.5. The normalized spacial score (nSPS) is 13.1. The second-order valence-corrected chi connectivity index (χ2v) is 10.3. The van der Waals surface area contributed by atoms with E-state index < -0.39 is 16.7 Å². The molecule has 1 aliphatic rings. The number of anilines is 1. The minimum absolute atomic E-state index is 0.233. The molecule has 1 heterocycles. The van der Waals surface area contributed by atoms with Crippen LogP contribution < -0.4 is 11.1 Å². The molecule has 0 bridgehead atoms. The van der Waals surface area contributed by atoms with E-state index in [0.29, 0.717) is 29.1 Å². The zero-order valence-electron chi connectivity index (χ0n) is 19.9. The number of halogens is 1. The van der Waals surface area contributed by atoms with Gasteiger partial charge in [-0.3, -0.25) is 13.8 Å². The van der Waals surface area contributed by atoms with Crippen molar-refractivity contribution in [2.24, 2.45) is 5.73 Å². The van der Waals surface area contributed by atoms with Gasteiger partial charge in [0, 0.05) is 39.3 Å². The summed E-state index contributed by atoms with van der Waals surface area (Å²) in [6.45, 7) is 0. The Morgan fingerprint density at radius 2 is 1.84 bits per heavy atom. The highest BCUT2D eigenvalue weighted by Crippen LogP contribution is 2.38. The van der Waals surface area contributed by atoms with Crippen molar-refractivity contribution < 1.29 is 13.8 Å². The third kappa shape index (κ3) is 4.98. The molecule has 1 aromatic heterocycles. The summed E-state index contributed by atoms with van der Waals surface area (Å²) in [6.07, 6.45) is 4.73. The Kier molecular flexibility index (Phi) is 6.78. The highest BCUT2D eigenvalue weighted by molar-refractivity contribution is 7.87. The van der Waals surface area contributed by atoms with Crippen molar-refractivity contribution in [2.75, 3.05) is 11.6 Å². The number of nitrogens with zero attached hydrogens (tertiary/aromatic N) is 2. The number of carbonyl (C=O) groups excluding carboxylic acids is 2. The molecule has 9 heteroatoms. The van der Waals surface area contributed by atoms with Crippen LogP contribution in [0.15, 0.2) is 72.1 Å². The Morgan fingerprint density at radius 3 is 2.54 bits per heavy atom. The molecule has 0 saturated heterocycles. The first-order chi connectivity index (χ1) is 17.8. The summed E-state index contributed by atoms with van der Waals surface area (Å²) < 4.78 is 13.1. The summed E-state index contributed by atoms with van der Waals surface area (Å²) in [7, 11) is -1.04. The monoisotopic (exact) mass is 530 g/mol. The maximum atomic E-state index is 12.9. The van der Waals surface area contributed by atoms with Gasteiger partial charge in [0.15, 0.2) is 5.69 Å². The summed E-state index contributed by atoms with van der Waals surface area (Å²) in [5.74, 6) is -0.906. The second kappa shape index (κ2) is 10.2. The van der Waals surface area contributed by atoms with Gasteiger partial charge in [-0.15, -0.1) is 0 Å². The number of rotatable bonds is 6. The molecule has 1 unspecified atom stereocenters. The standard InChI is InChI=1S/C28H23ClN4O3S/c1-37(36)15-14-17-6-11-20(12-7-17)33-26-22(25(32-33)27(30)34)13-9-18-8-10-19(16-23(18)26)31-28(35)21-4-2-3-5-24(21)29/h2-8,10-12,14-16H,9,13H2,1H3,(H2,30,34)(H,31,35). The van der Waals surface area contributed by atoms with Crippen LogP contribution in [0.3, 0.4) is 0 Å². The Bertz CT molecular complexity index is 1590. The van der Waals surface area contributed by atoms with Gasteiger partial charge in [0.05, 0.1) is 22.0 Å². The number of fused-ring (bicyclic) bond motifs is 3. The van der Waals surface area contributed by atoms with Crippen molar-refractivity contribution in [3.8, 4) is 16.9 Å². The molecule has 1 aliphatic carbocycles. The van der Waals surface area contributed by atoms with Gasteiger partial charge in [-0.2, -0.15) is 5.10 Å². The van der Waals surface area contributed by atoms with Crippen LogP contribution in [0.25, 0.3) is 23.0 Å². The van der Waals surface area contributed by atoms with Crippen molar-refractivity contribution >= 4 is 46.0 Å². The van der Waals surface area contributed by atoms with Gasteiger partial charge >= 0.3 is 0 Å². The fraction of sp³-hybridized carbons (Fsp3) is 0.107. The van der Waals surface area contributed by atoms with E-state index in [4.69, 9.17) is 17.3 Å². The van der Waals surface area contributed by atoms with Crippen LogP contribution >= 0.6 is 11.6 Å². The minimum atomic E-state index is -1.04.